The van der Waals surface area contributed by atoms with Crippen molar-refractivity contribution < 1.29 is 38.7 Å². The van der Waals surface area contributed by atoms with Gasteiger partial charge in [-0.3, -0.25) is 9.59 Å². The Morgan fingerprint density at radius 2 is 0.795 bits per heavy atom. The molecule has 0 radical (unpaired) electrons. The molecule has 0 aromatic carbocycles. The minimum absolute atomic E-state index is 0.00594. The molecule has 0 saturated carbocycles. The van der Waals surface area contributed by atoms with Crippen LogP contribution in [0.15, 0.2) is 5.18 Å². The Bertz CT molecular complexity index is 1110. The average Bonchev–Trinajstić information content (AvgIpc) is 3.37. The van der Waals surface area contributed by atoms with Gasteiger partial charge in [0.05, 0.1) is 6.10 Å². The first kappa shape index (κ1) is 69.4. The number of nitroso groups, excluding NO2 is 1. The summed E-state index contributed by atoms with van der Waals surface area (Å²) < 4.78 is 23.7. The van der Waals surface area contributed by atoms with Gasteiger partial charge in [0.2, 0.25) is 0 Å². The monoisotopic (exact) mass is 1040 g/mol. The van der Waals surface area contributed by atoms with Crippen molar-refractivity contribution in [3.05, 3.63) is 4.91 Å². The maximum absolute atomic E-state index is 13.0. The summed E-state index contributed by atoms with van der Waals surface area (Å²) in [7, 11) is 0. The number of carbonyl (C=O) groups excluding carboxylic acids is 2. The molecule has 11 nitrogen and oxygen atoms in total. The van der Waals surface area contributed by atoms with Gasteiger partial charge in [0.1, 0.15) is 31.0 Å². The highest BCUT2D eigenvalue weighted by atomic mass is 16.7. The molecule has 2 N–H and O–H groups in total. The molecule has 0 amide bonds. The molecule has 0 aromatic rings. The van der Waals surface area contributed by atoms with Crippen LogP contribution in [0.25, 0.3) is 0 Å². The summed E-state index contributed by atoms with van der Waals surface area (Å²) >= 11 is 0. The van der Waals surface area contributed by atoms with Crippen LogP contribution < -0.4 is 0 Å². The fourth-order valence-corrected chi connectivity index (χ4v) is 10.5. The van der Waals surface area contributed by atoms with Crippen molar-refractivity contribution >= 4 is 11.9 Å². The van der Waals surface area contributed by atoms with E-state index < -0.39 is 24.6 Å². The first-order valence-electron chi connectivity index (χ1n) is 31.8. The van der Waals surface area contributed by atoms with Gasteiger partial charge in [0.25, 0.3) is 0 Å². The van der Waals surface area contributed by atoms with E-state index in [0.29, 0.717) is 19.4 Å². The molecular formula is C62H120N2O9. The van der Waals surface area contributed by atoms with Crippen molar-refractivity contribution in [2.24, 2.45) is 5.18 Å². The second kappa shape index (κ2) is 52.4. The van der Waals surface area contributed by atoms with E-state index in [0.717, 1.165) is 122 Å². The van der Waals surface area contributed by atoms with Gasteiger partial charge in [-0.1, -0.05) is 213 Å². The van der Waals surface area contributed by atoms with Gasteiger partial charge < -0.3 is 34.1 Å². The molecule has 1 rings (SSSR count). The molecule has 1 aliphatic heterocycles. The largest absolute Gasteiger partial charge is 0.462 e. The number of nitrogens with zero attached hydrogens (tertiary/aromatic N) is 2. The molecular weight excluding hydrogens is 917 g/mol. The van der Waals surface area contributed by atoms with Gasteiger partial charge in [0, 0.05) is 25.9 Å². The molecule has 432 valence electrons. The molecule has 11 heteroatoms. The van der Waals surface area contributed by atoms with Crippen molar-refractivity contribution in [3.63, 3.8) is 0 Å². The van der Waals surface area contributed by atoms with Gasteiger partial charge in [-0.05, 0) is 110 Å². The number of ether oxygens (including phenoxy) is 4. The normalized spacial score (nSPS) is 17.1. The first-order valence-corrected chi connectivity index (χ1v) is 31.8. The Balaban J connectivity index is 2.53. The van der Waals surface area contributed by atoms with Crippen LogP contribution in [0, 0.1) is 4.91 Å². The van der Waals surface area contributed by atoms with Gasteiger partial charge in [-0.25, -0.2) is 0 Å². The zero-order chi connectivity index (χ0) is 53.1. The number of hydrogen-bond acceptors (Lipinski definition) is 11. The van der Waals surface area contributed by atoms with Crippen LogP contribution in [-0.4, -0.2) is 96.6 Å². The highest BCUT2D eigenvalue weighted by Crippen LogP contribution is 2.24. The number of rotatable bonds is 56. The topological polar surface area (TPSA) is 144 Å². The summed E-state index contributed by atoms with van der Waals surface area (Å²) in [5.74, 6) is 0.0119. The number of aliphatic hydroxyl groups is 2. The molecule has 1 heterocycles. The van der Waals surface area contributed by atoms with E-state index in [1.54, 1.807) is 0 Å². The van der Waals surface area contributed by atoms with Crippen LogP contribution >= 0.6 is 0 Å². The SMILES string of the molecule is CCCCCCCCC(CCCCCCCC)OC(=O)CCCCCCCN(CCCCCCCC(=O)OC(CCCCCCCC)CCCCCCCC)CCCCCCOC1O[C@H](CN=O)C(O)C[C@@H]1O. The summed E-state index contributed by atoms with van der Waals surface area (Å²) in [6.45, 7) is 12.6. The summed E-state index contributed by atoms with van der Waals surface area (Å²) in [6.07, 6.45) is 47.5. The third-order valence-corrected chi connectivity index (χ3v) is 15.3. The van der Waals surface area contributed by atoms with Crippen LogP contribution in [0.3, 0.4) is 0 Å². The number of hydrogen-bond donors (Lipinski definition) is 2. The van der Waals surface area contributed by atoms with Gasteiger partial charge in [0.15, 0.2) is 6.29 Å². The summed E-state index contributed by atoms with van der Waals surface area (Å²) in [5.41, 5.74) is 0. The predicted octanol–water partition coefficient (Wildman–Crippen LogP) is 17.0. The number of carbonyl (C=O) groups is 2. The zero-order valence-electron chi connectivity index (χ0n) is 48.5. The zero-order valence-corrected chi connectivity index (χ0v) is 48.5. The summed E-state index contributed by atoms with van der Waals surface area (Å²) in [5, 5.41) is 23.3. The minimum atomic E-state index is -0.923. The van der Waals surface area contributed by atoms with E-state index in [1.165, 1.54) is 167 Å². The number of aliphatic hydroxyl groups excluding tert-OH is 2. The van der Waals surface area contributed by atoms with Gasteiger partial charge in [-0.15, -0.1) is 0 Å². The fourth-order valence-electron chi connectivity index (χ4n) is 10.5. The van der Waals surface area contributed by atoms with E-state index in [1.807, 2.05) is 0 Å². The standard InChI is InChI=1S/C62H120N2O9/c1-5-9-13-17-23-33-43-55(44-34-24-18-14-10-6-2)71-60(67)47-37-27-21-29-39-49-64(51-41-31-32-42-52-70-62-58(66)53-57(65)59(73-62)54-63-69)50-40-30-22-28-38-48-61(68)72-56(45-35-25-19-15-11-7-3)46-36-26-20-16-12-8-4/h55-59,62,65-66H,5-54H2,1-4H3/t57?,58-,59+,62?/m0/s1. The third-order valence-electron chi connectivity index (χ3n) is 15.3. The minimum Gasteiger partial charge on any atom is -0.462 e. The molecule has 0 bridgehead atoms. The molecule has 1 aliphatic rings. The highest BCUT2D eigenvalue weighted by Gasteiger charge is 2.37. The predicted molar refractivity (Wildman–Crippen MR) is 304 cm³/mol. The second-order valence-corrected chi connectivity index (χ2v) is 22.3. The van der Waals surface area contributed by atoms with E-state index >= 15 is 0 Å². The lowest BCUT2D eigenvalue weighted by Gasteiger charge is -2.35. The Morgan fingerprint density at radius 3 is 1.16 bits per heavy atom. The van der Waals surface area contributed by atoms with Crippen molar-refractivity contribution in [1.82, 2.24) is 4.90 Å². The van der Waals surface area contributed by atoms with Gasteiger partial charge >= 0.3 is 11.9 Å². The van der Waals surface area contributed by atoms with Crippen LogP contribution in [0.4, 0.5) is 0 Å². The van der Waals surface area contributed by atoms with Crippen molar-refractivity contribution in [2.45, 2.75) is 353 Å². The maximum atomic E-state index is 13.0. The Hall–Kier alpha value is -1.66. The lowest BCUT2D eigenvalue weighted by atomic mass is 10.0. The lowest BCUT2D eigenvalue weighted by molar-refractivity contribution is -0.262. The molecule has 0 spiro atoms. The molecule has 73 heavy (non-hydrogen) atoms. The lowest BCUT2D eigenvalue weighted by Crippen LogP contribution is -2.49. The highest BCUT2D eigenvalue weighted by molar-refractivity contribution is 5.69. The van der Waals surface area contributed by atoms with E-state index in [4.69, 9.17) is 18.9 Å². The van der Waals surface area contributed by atoms with Gasteiger partial charge in [-0.2, -0.15) is 4.91 Å². The van der Waals surface area contributed by atoms with Crippen LogP contribution in [0.1, 0.15) is 317 Å². The molecule has 1 fully saturated rings. The molecule has 2 unspecified atom stereocenters. The first-order chi connectivity index (χ1) is 35.8. The Kier molecular flexibility index (Phi) is 49.8. The smallest absolute Gasteiger partial charge is 0.306 e. The van der Waals surface area contributed by atoms with Crippen molar-refractivity contribution in [2.75, 3.05) is 32.8 Å². The third kappa shape index (κ3) is 43.1. The van der Waals surface area contributed by atoms with E-state index in [2.05, 4.69) is 37.8 Å². The Morgan fingerprint density at radius 1 is 0.466 bits per heavy atom. The van der Waals surface area contributed by atoms with Crippen LogP contribution in [0.2, 0.25) is 0 Å². The van der Waals surface area contributed by atoms with Crippen LogP contribution in [-0.2, 0) is 28.5 Å². The number of esters is 2. The summed E-state index contributed by atoms with van der Waals surface area (Å²) in [4.78, 5) is 39.3. The molecule has 0 aliphatic carbocycles. The second-order valence-electron chi connectivity index (χ2n) is 22.3. The molecule has 1 saturated heterocycles. The fraction of sp³-hybridized carbons (Fsp3) is 0.968. The average molecular weight is 1040 g/mol. The van der Waals surface area contributed by atoms with E-state index in [-0.39, 0.29) is 37.1 Å². The number of unbranched alkanes of at least 4 members (excludes halogenated alkanes) is 31. The van der Waals surface area contributed by atoms with Crippen LogP contribution in [0.5, 0.6) is 0 Å². The van der Waals surface area contributed by atoms with E-state index in [9.17, 15) is 24.7 Å². The molecule has 4 atom stereocenters. The van der Waals surface area contributed by atoms with Crippen molar-refractivity contribution in [1.29, 1.82) is 0 Å². The van der Waals surface area contributed by atoms with Crippen molar-refractivity contribution in [3.8, 4) is 0 Å². The quantitative estimate of drug-likeness (QED) is 0.0343. The Labute approximate surface area is 450 Å². The maximum Gasteiger partial charge on any atom is 0.306 e. The molecule has 0 aromatic heterocycles. The summed E-state index contributed by atoms with van der Waals surface area (Å²) in [6, 6.07) is 0.